The molecule has 8 heteroatoms. The molecule has 0 aliphatic rings. The van der Waals surface area contributed by atoms with Crippen LogP contribution in [0.4, 0.5) is 13.2 Å². The van der Waals surface area contributed by atoms with Gasteiger partial charge in [0.2, 0.25) is 0 Å². The summed E-state index contributed by atoms with van der Waals surface area (Å²) in [6.45, 7) is -0.929. The summed E-state index contributed by atoms with van der Waals surface area (Å²) in [5, 5.41) is 8.62. The Labute approximate surface area is 101 Å². The number of hydrogen-bond donors (Lipinski definition) is 1. The number of carboxylic acids is 1. The van der Waals surface area contributed by atoms with E-state index in [1.807, 2.05) is 0 Å². The summed E-state index contributed by atoms with van der Waals surface area (Å²) in [6.07, 6.45) is -0.374. The fraction of sp³-hybridized carbons (Fsp3) is 0.300. The van der Waals surface area contributed by atoms with Crippen LogP contribution in [0.2, 0.25) is 0 Å². The Morgan fingerprint density at radius 2 is 1.89 bits per heavy atom. The van der Waals surface area contributed by atoms with Crippen molar-refractivity contribution in [1.29, 1.82) is 0 Å². The van der Waals surface area contributed by atoms with Gasteiger partial charge in [0.1, 0.15) is 4.90 Å². The van der Waals surface area contributed by atoms with Crippen LogP contribution < -0.4 is 0 Å². The van der Waals surface area contributed by atoms with E-state index in [0.29, 0.717) is 12.1 Å². The Hall–Kier alpha value is -1.57. The number of hydrogen-bond acceptors (Lipinski definition) is 3. The van der Waals surface area contributed by atoms with Gasteiger partial charge >= 0.3 is 5.97 Å². The summed E-state index contributed by atoms with van der Waals surface area (Å²) in [6, 6.07) is 0.903. The molecular weight excluding hydrogens is 273 g/mol. The molecule has 0 bridgehead atoms. The molecule has 1 N–H and O–H groups in total. The number of rotatable bonds is 5. The van der Waals surface area contributed by atoms with E-state index in [-0.39, 0.29) is 6.42 Å². The first-order valence-corrected chi connectivity index (χ1v) is 6.46. The fourth-order valence-corrected chi connectivity index (χ4v) is 2.65. The van der Waals surface area contributed by atoms with Crippen molar-refractivity contribution in [2.45, 2.75) is 11.3 Å². The topological polar surface area (TPSA) is 71.4 Å². The first-order chi connectivity index (χ1) is 8.29. The molecule has 0 spiro atoms. The number of carboxylic acid groups (broad SMARTS) is 1. The first kappa shape index (κ1) is 14.5. The highest BCUT2D eigenvalue weighted by molar-refractivity contribution is 7.91. The molecule has 0 unspecified atom stereocenters. The van der Waals surface area contributed by atoms with Crippen LogP contribution in [0.1, 0.15) is 16.8 Å². The zero-order valence-electron chi connectivity index (χ0n) is 8.99. The quantitative estimate of drug-likeness (QED) is 0.893. The predicted molar refractivity (Wildman–Crippen MR) is 56.0 cm³/mol. The fourth-order valence-electron chi connectivity index (χ4n) is 1.27. The Bertz CT molecular complexity index is 569. The van der Waals surface area contributed by atoms with Crippen LogP contribution in [0.3, 0.4) is 0 Å². The third-order valence-corrected chi connectivity index (χ3v) is 3.92. The van der Waals surface area contributed by atoms with Crippen molar-refractivity contribution >= 4 is 15.8 Å². The number of benzene rings is 1. The molecule has 0 amide bonds. The van der Waals surface area contributed by atoms with Gasteiger partial charge in [0.25, 0.3) is 0 Å². The summed E-state index contributed by atoms with van der Waals surface area (Å²) in [4.78, 5) is 9.55. The SMILES string of the molecule is O=C(O)c1cc(F)c(F)c(S(=O)(=O)CCCF)c1. The van der Waals surface area contributed by atoms with Gasteiger partial charge in [-0.05, 0) is 18.6 Å². The largest absolute Gasteiger partial charge is 0.478 e. The zero-order chi connectivity index (χ0) is 13.9. The lowest BCUT2D eigenvalue weighted by Gasteiger charge is -2.06. The van der Waals surface area contributed by atoms with E-state index in [4.69, 9.17) is 5.11 Å². The molecule has 0 radical (unpaired) electrons. The lowest BCUT2D eigenvalue weighted by Crippen LogP contribution is -2.12. The van der Waals surface area contributed by atoms with Crippen molar-refractivity contribution in [1.82, 2.24) is 0 Å². The lowest BCUT2D eigenvalue weighted by molar-refractivity contribution is 0.0696. The molecule has 0 aromatic heterocycles. The Morgan fingerprint density at radius 3 is 2.39 bits per heavy atom. The van der Waals surface area contributed by atoms with E-state index in [0.717, 1.165) is 0 Å². The third kappa shape index (κ3) is 3.00. The van der Waals surface area contributed by atoms with Crippen LogP contribution in [0.5, 0.6) is 0 Å². The highest BCUT2D eigenvalue weighted by Crippen LogP contribution is 2.21. The molecular formula is C10H9F3O4S. The minimum Gasteiger partial charge on any atom is -0.478 e. The minimum absolute atomic E-state index is 0.374. The van der Waals surface area contributed by atoms with Crippen molar-refractivity contribution in [3.63, 3.8) is 0 Å². The maximum absolute atomic E-state index is 13.3. The summed E-state index contributed by atoms with van der Waals surface area (Å²) in [7, 11) is -4.25. The summed E-state index contributed by atoms with van der Waals surface area (Å²) < 4.78 is 61.4. The monoisotopic (exact) mass is 282 g/mol. The van der Waals surface area contributed by atoms with Gasteiger partial charge in [0.05, 0.1) is 18.0 Å². The van der Waals surface area contributed by atoms with Crippen LogP contribution in [-0.2, 0) is 9.84 Å². The van der Waals surface area contributed by atoms with Gasteiger partial charge in [0, 0.05) is 0 Å². The van der Waals surface area contributed by atoms with Crippen molar-refractivity contribution in [2.75, 3.05) is 12.4 Å². The van der Waals surface area contributed by atoms with Gasteiger partial charge in [-0.2, -0.15) is 0 Å². The summed E-state index contributed by atoms with van der Waals surface area (Å²) in [5.74, 6) is -5.54. The van der Waals surface area contributed by atoms with Crippen molar-refractivity contribution < 1.29 is 31.5 Å². The molecule has 0 atom stereocenters. The van der Waals surface area contributed by atoms with E-state index < -0.39 is 50.3 Å². The second-order valence-corrected chi connectivity index (χ2v) is 5.51. The summed E-state index contributed by atoms with van der Waals surface area (Å²) >= 11 is 0. The molecule has 1 rings (SSSR count). The normalized spacial score (nSPS) is 11.5. The first-order valence-electron chi connectivity index (χ1n) is 4.80. The standard InChI is InChI=1S/C10H9F3O4S/c11-2-1-3-18(16,17)8-5-6(10(14)15)4-7(12)9(8)13/h4-5H,1-3H2,(H,14,15). The molecule has 18 heavy (non-hydrogen) atoms. The molecule has 0 aliphatic heterocycles. The van der Waals surface area contributed by atoms with Gasteiger partial charge in [0.15, 0.2) is 21.5 Å². The molecule has 0 fully saturated rings. The molecule has 0 aliphatic carbocycles. The van der Waals surface area contributed by atoms with E-state index in [1.54, 1.807) is 0 Å². The number of halogens is 3. The van der Waals surface area contributed by atoms with Crippen molar-refractivity contribution in [3.8, 4) is 0 Å². The van der Waals surface area contributed by atoms with Crippen molar-refractivity contribution in [3.05, 3.63) is 29.3 Å². The third-order valence-electron chi connectivity index (χ3n) is 2.12. The second kappa shape index (κ2) is 5.38. The van der Waals surface area contributed by atoms with Crippen molar-refractivity contribution in [2.24, 2.45) is 0 Å². The van der Waals surface area contributed by atoms with Gasteiger partial charge in [-0.1, -0.05) is 0 Å². The number of alkyl halides is 1. The maximum Gasteiger partial charge on any atom is 0.335 e. The second-order valence-electron chi connectivity index (χ2n) is 3.44. The molecule has 1 aromatic carbocycles. The lowest BCUT2D eigenvalue weighted by atomic mass is 10.2. The molecule has 0 heterocycles. The minimum atomic E-state index is -4.25. The van der Waals surface area contributed by atoms with Gasteiger partial charge in [-0.3, -0.25) is 4.39 Å². The summed E-state index contributed by atoms with van der Waals surface area (Å²) in [5.41, 5.74) is -0.687. The zero-order valence-corrected chi connectivity index (χ0v) is 9.81. The van der Waals surface area contributed by atoms with E-state index in [1.165, 1.54) is 0 Å². The number of sulfone groups is 1. The molecule has 100 valence electrons. The Morgan fingerprint density at radius 1 is 1.28 bits per heavy atom. The van der Waals surface area contributed by atoms with Crippen LogP contribution >= 0.6 is 0 Å². The molecule has 1 aromatic rings. The van der Waals surface area contributed by atoms with Crippen LogP contribution in [-0.4, -0.2) is 31.9 Å². The van der Waals surface area contributed by atoms with Gasteiger partial charge < -0.3 is 5.11 Å². The highest BCUT2D eigenvalue weighted by atomic mass is 32.2. The molecule has 0 saturated carbocycles. The number of aromatic carboxylic acids is 1. The average Bonchev–Trinajstić information content (AvgIpc) is 2.29. The van der Waals surface area contributed by atoms with Crippen LogP contribution in [0, 0.1) is 11.6 Å². The smallest absolute Gasteiger partial charge is 0.335 e. The Balaban J connectivity index is 3.35. The average molecular weight is 282 g/mol. The van der Waals surface area contributed by atoms with E-state index in [9.17, 15) is 26.4 Å². The Kier molecular flexibility index (Phi) is 4.33. The predicted octanol–water partition coefficient (Wildman–Crippen LogP) is 1.80. The van der Waals surface area contributed by atoms with Gasteiger partial charge in [-0.15, -0.1) is 0 Å². The van der Waals surface area contributed by atoms with Crippen LogP contribution in [0.25, 0.3) is 0 Å². The molecule has 4 nitrogen and oxygen atoms in total. The molecule has 0 saturated heterocycles. The number of carbonyl (C=O) groups is 1. The van der Waals surface area contributed by atoms with E-state index >= 15 is 0 Å². The van der Waals surface area contributed by atoms with Gasteiger partial charge in [-0.25, -0.2) is 22.0 Å². The maximum atomic E-state index is 13.3. The highest BCUT2D eigenvalue weighted by Gasteiger charge is 2.24. The van der Waals surface area contributed by atoms with E-state index in [2.05, 4.69) is 0 Å². The van der Waals surface area contributed by atoms with Crippen LogP contribution in [0.15, 0.2) is 17.0 Å².